The summed E-state index contributed by atoms with van der Waals surface area (Å²) in [6, 6.07) is 22.5. The predicted molar refractivity (Wildman–Crippen MR) is 143 cm³/mol. The highest BCUT2D eigenvalue weighted by atomic mass is 79.9. The molecule has 1 amide bonds. The van der Waals surface area contributed by atoms with Gasteiger partial charge in [0, 0.05) is 9.86 Å². The third-order valence-corrected chi connectivity index (χ3v) is 6.22. The van der Waals surface area contributed by atoms with E-state index in [0.717, 1.165) is 27.7 Å². The van der Waals surface area contributed by atoms with Crippen LogP contribution in [0.4, 0.5) is 5.69 Å². The normalized spacial score (nSPS) is 12.2. The summed E-state index contributed by atoms with van der Waals surface area (Å²) in [5.41, 5.74) is 2.18. The molecule has 186 valence electrons. The number of rotatable bonds is 10. The number of aromatic hydroxyl groups is 1. The zero-order valence-corrected chi connectivity index (χ0v) is 21.8. The first-order valence-corrected chi connectivity index (χ1v) is 12.6. The average Bonchev–Trinajstić information content (AvgIpc) is 3.15. The van der Waals surface area contributed by atoms with E-state index in [2.05, 4.69) is 26.2 Å². The van der Waals surface area contributed by atoms with E-state index in [9.17, 15) is 9.90 Å². The molecule has 0 aliphatic heterocycles. The highest BCUT2D eigenvalue weighted by molar-refractivity contribution is 9.10. The van der Waals surface area contributed by atoms with Gasteiger partial charge in [-0.25, -0.2) is 0 Å². The summed E-state index contributed by atoms with van der Waals surface area (Å²) in [4.78, 5) is 12.9. The fourth-order valence-corrected chi connectivity index (χ4v) is 4.09. The van der Waals surface area contributed by atoms with E-state index in [4.69, 9.17) is 9.47 Å². The Morgan fingerprint density at radius 2 is 1.72 bits per heavy atom. The van der Waals surface area contributed by atoms with Gasteiger partial charge in [0.25, 0.3) is 0 Å². The van der Waals surface area contributed by atoms with Crippen molar-refractivity contribution in [1.82, 2.24) is 4.57 Å². The third-order valence-electron chi connectivity index (χ3n) is 5.69. The van der Waals surface area contributed by atoms with Crippen LogP contribution in [0.15, 0.2) is 87.5 Å². The highest BCUT2D eigenvalue weighted by Gasteiger charge is 2.21. The lowest BCUT2D eigenvalue weighted by Gasteiger charge is -2.14. The lowest BCUT2D eigenvalue weighted by molar-refractivity contribution is -0.125. The minimum atomic E-state index is -0.765. The van der Waals surface area contributed by atoms with Gasteiger partial charge in [0.1, 0.15) is 18.1 Å². The first-order chi connectivity index (χ1) is 17.5. The van der Waals surface area contributed by atoms with Crippen molar-refractivity contribution in [2.24, 2.45) is 10.2 Å². The number of halogens is 1. The minimum Gasteiger partial charge on any atom is -0.493 e. The van der Waals surface area contributed by atoms with Crippen LogP contribution in [0.1, 0.15) is 25.3 Å². The molecule has 0 saturated carbocycles. The summed E-state index contributed by atoms with van der Waals surface area (Å²) in [5, 5.41) is 19.8. The van der Waals surface area contributed by atoms with Crippen molar-refractivity contribution in [2.45, 2.75) is 39.3 Å². The van der Waals surface area contributed by atoms with Crippen LogP contribution in [-0.4, -0.2) is 28.3 Å². The lowest BCUT2D eigenvalue weighted by atomic mass is 10.2. The molecular weight excluding hydrogens is 522 g/mol. The topological polar surface area (TPSA) is 85.4 Å². The number of aromatic nitrogens is 1. The van der Waals surface area contributed by atoms with Gasteiger partial charge in [-0.15, -0.1) is 10.2 Å². The molecule has 8 heteroatoms. The van der Waals surface area contributed by atoms with Crippen LogP contribution in [-0.2, 0) is 11.3 Å². The lowest BCUT2D eigenvalue weighted by Crippen LogP contribution is -2.25. The third kappa shape index (κ3) is 6.12. The highest BCUT2D eigenvalue weighted by Crippen LogP contribution is 2.38. The van der Waals surface area contributed by atoms with Crippen LogP contribution in [0.3, 0.4) is 0 Å². The van der Waals surface area contributed by atoms with Crippen molar-refractivity contribution >= 4 is 38.4 Å². The zero-order chi connectivity index (χ0) is 25.5. The Balaban J connectivity index is 1.52. The number of benzene rings is 3. The van der Waals surface area contributed by atoms with Gasteiger partial charge < -0.3 is 19.1 Å². The van der Waals surface area contributed by atoms with Crippen LogP contribution in [0.5, 0.6) is 17.4 Å². The molecule has 0 aliphatic carbocycles. The van der Waals surface area contributed by atoms with Gasteiger partial charge >= 0.3 is 5.91 Å². The Morgan fingerprint density at radius 1 is 1.03 bits per heavy atom. The van der Waals surface area contributed by atoms with Gasteiger partial charge in [-0.05, 0) is 55.8 Å². The maximum atomic E-state index is 12.9. The maximum Gasteiger partial charge on any atom is 0.305 e. The first kappa shape index (κ1) is 25.4. The number of amides is 1. The molecule has 7 nitrogen and oxygen atoms in total. The zero-order valence-electron chi connectivity index (χ0n) is 20.2. The van der Waals surface area contributed by atoms with Crippen molar-refractivity contribution in [2.75, 3.05) is 6.61 Å². The van der Waals surface area contributed by atoms with Gasteiger partial charge in [-0.3, -0.25) is 4.79 Å². The number of azo groups is 1. The van der Waals surface area contributed by atoms with Gasteiger partial charge in [0.15, 0.2) is 11.8 Å². The number of ether oxygens (including phenoxy) is 2. The standard InChI is InChI=1S/C28H28BrN3O4/c1-3-6-25(36-22-15-11-20(29)12-16-22)27(33)31-30-26-23-7-4-5-8-24(23)32(28(26)34)17-18-35-21-13-9-19(2)10-14-21/h4-5,7-16,25,34H,3,6,17-18H2,1-2H3/t25-/m0/s1. The van der Waals surface area contributed by atoms with E-state index in [1.807, 2.05) is 74.5 Å². The molecular formula is C28H28BrN3O4. The number of carbonyl (C=O) groups excluding carboxylic acids is 1. The average molecular weight is 550 g/mol. The number of nitrogens with zero attached hydrogens (tertiary/aromatic N) is 3. The summed E-state index contributed by atoms with van der Waals surface area (Å²) in [6.45, 7) is 4.74. The van der Waals surface area contributed by atoms with E-state index >= 15 is 0 Å². The van der Waals surface area contributed by atoms with Crippen molar-refractivity contribution in [1.29, 1.82) is 0 Å². The van der Waals surface area contributed by atoms with Crippen LogP contribution in [0, 0.1) is 6.92 Å². The molecule has 4 aromatic rings. The SMILES string of the molecule is CCC[C@H](Oc1ccc(Br)cc1)C(=O)N=Nc1c(O)n(CCOc2ccc(C)cc2)c2ccccc12. The number of fused-ring (bicyclic) bond motifs is 1. The van der Waals surface area contributed by atoms with Gasteiger partial charge in [-0.1, -0.05) is 65.2 Å². The second-order valence-corrected chi connectivity index (χ2v) is 9.31. The smallest absolute Gasteiger partial charge is 0.305 e. The Kier molecular flexibility index (Phi) is 8.38. The molecule has 0 radical (unpaired) electrons. The second-order valence-electron chi connectivity index (χ2n) is 8.39. The molecule has 0 bridgehead atoms. The summed E-state index contributed by atoms with van der Waals surface area (Å²) in [7, 11) is 0. The summed E-state index contributed by atoms with van der Waals surface area (Å²) in [6.07, 6.45) is 0.477. The summed E-state index contributed by atoms with van der Waals surface area (Å²) >= 11 is 3.39. The van der Waals surface area contributed by atoms with Gasteiger partial charge in [0.05, 0.1) is 12.1 Å². The van der Waals surface area contributed by atoms with Crippen molar-refractivity contribution in [3.05, 3.63) is 82.8 Å². The molecule has 0 saturated heterocycles. The number of para-hydroxylation sites is 1. The van der Waals surface area contributed by atoms with Crippen LogP contribution in [0.25, 0.3) is 10.9 Å². The largest absolute Gasteiger partial charge is 0.493 e. The van der Waals surface area contributed by atoms with Crippen LogP contribution < -0.4 is 9.47 Å². The van der Waals surface area contributed by atoms with Gasteiger partial charge in [-0.2, -0.15) is 0 Å². The molecule has 1 aromatic heterocycles. The molecule has 0 aliphatic rings. The van der Waals surface area contributed by atoms with E-state index in [0.29, 0.717) is 30.7 Å². The van der Waals surface area contributed by atoms with E-state index in [1.54, 1.807) is 16.7 Å². The summed E-state index contributed by atoms with van der Waals surface area (Å²) < 4.78 is 14.3. The molecule has 1 N–H and O–H groups in total. The molecule has 0 fully saturated rings. The molecule has 1 heterocycles. The Hall–Kier alpha value is -3.65. The first-order valence-electron chi connectivity index (χ1n) is 11.8. The van der Waals surface area contributed by atoms with Crippen molar-refractivity contribution < 1.29 is 19.4 Å². The second kappa shape index (κ2) is 11.9. The van der Waals surface area contributed by atoms with E-state index < -0.39 is 12.0 Å². The Labute approximate surface area is 218 Å². The number of aryl methyl sites for hydroxylation is 1. The van der Waals surface area contributed by atoms with Crippen molar-refractivity contribution in [3.8, 4) is 17.4 Å². The number of carbonyl (C=O) groups is 1. The Morgan fingerprint density at radius 3 is 2.44 bits per heavy atom. The molecule has 36 heavy (non-hydrogen) atoms. The molecule has 1 atom stereocenters. The van der Waals surface area contributed by atoms with Crippen molar-refractivity contribution in [3.63, 3.8) is 0 Å². The fraction of sp³-hybridized carbons (Fsp3) is 0.250. The predicted octanol–water partition coefficient (Wildman–Crippen LogP) is 7.35. The van der Waals surface area contributed by atoms with E-state index in [-0.39, 0.29) is 11.6 Å². The molecule has 0 spiro atoms. The molecule has 3 aromatic carbocycles. The number of hydrogen-bond acceptors (Lipinski definition) is 5. The van der Waals surface area contributed by atoms with Crippen LogP contribution in [0.2, 0.25) is 0 Å². The van der Waals surface area contributed by atoms with Crippen LogP contribution >= 0.6 is 15.9 Å². The van der Waals surface area contributed by atoms with E-state index in [1.165, 1.54) is 0 Å². The molecule has 4 rings (SSSR count). The quantitative estimate of drug-likeness (QED) is 0.209. The molecule has 0 unspecified atom stereocenters. The van der Waals surface area contributed by atoms with Gasteiger partial charge in [0.2, 0.25) is 5.88 Å². The maximum absolute atomic E-state index is 12.9. The monoisotopic (exact) mass is 549 g/mol. The minimum absolute atomic E-state index is 0.0684. The summed E-state index contributed by atoms with van der Waals surface area (Å²) in [5.74, 6) is 0.767. The fourth-order valence-electron chi connectivity index (χ4n) is 3.82. The number of hydrogen-bond donors (Lipinski definition) is 1. The Bertz CT molecular complexity index is 1350.